The Morgan fingerprint density at radius 3 is 2.57 bits per heavy atom. The Balaban J connectivity index is 1.29. The van der Waals surface area contributed by atoms with Crippen molar-refractivity contribution in [3.05, 3.63) is 66.0 Å². The molecule has 5 rings (SSSR count). The van der Waals surface area contributed by atoms with Gasteiger partial charge in [-0.05, 0) is 28.1 Å². The maximum atomic E-state index is 4.84. The lowest BCUT2D eigenvalue weighted by Crippen LogP contribution is -3.15. The Kier molecular flexibility index (Phi) is 5.42. The van der Waals surface area contributed by atoms with E-state index in [4.69, 9.17) is 4.98 Å². The summed E-state index contributed by atoms with van der Waals surface area (Å²) >= 11 is 1.79. The van der Waals surface area contributed by atoms with E-state index in [2.05, 4.69) is 75.9 Å². The van der Waals surface area contributed by atoms with Crippen LogP contribution in [-0.4, -0.2) is 51.4 Å². The van der Waals surface area contributed by atoms with Gasteiger partial charge in [0.05, 0.1) is 42.9 Å². The van der Waals surface area contributed by atoms with Crippen molar-refractivity contribution in [1.82, 2.24) is 25.2 Å². The van der Waals surface area contributed by atoms with E-state index in [9.17, 15) is 0 Å². The topological polar surface area (TPSA) is 64.2 Å². The molecule has 154 valence electrons. The van der Waals surface area contributed by atoms with Crippen molar-refractivity contribution in [3.63, 3.8) is 0 Å². The molecule has 30 heavy (non-hydrogen) atoms. The molecule has 7 nitrogen and oxygen atoms in total. The third-order valence-electron chi connectivity index (χ3n) is 5.91. The molecule has 0 spiro atoms. The van der Waals surface area contributed by atoms with Crippen molar-refractivity contribution < 1.29 is 4.90 Å². The van der Waals surface area contributed by atoms with Crippen LogP contribution in [0.5, 0.6) is 0 Å². The van der Waals surface area contributed by atoms with Crippen molar-refractivity contribution in [3.8, 4) is 0 Å². The third kappa shape index (κ3) is 3.80. The van der Waals surface area contributed by atoms with Crippen LogP contribution in [0.25, 0.3) is 10.2 Å². The first-order valence-corrected chi connectivity index (χ1v) is 11.4. The van der Waals surface area contributed by atoms with Crippen LogP contribution in [0.15, 0.2) is 54.6 Å². The van der Waals surface area contributed by atoms with Crippen LogP contribution in [0.1, 0.15) is 30.8 Å². The fourth-order valence-electron chi connectivity index (χ4n) is 4.31. The molecule has 0 bridgehead atoms. The Morgan fingerprint density at radius 2 is 1.80 bits per heavy atom. The standard InChI is InChI=1S/C22H25N7S/c1-2-19(21-24-25-26-29(21)16-17-8-4-3-5-9-17)27-12-14-28(15-13-27)22-23-18-10-6-7-11-20(18)30-22/h3-11,19H,2,12-16H2,1H3/p+1/t19-/m1/s1. The van der Waals surface area contributed by atoms with E-state index in [-0.39, 0.29) is 0 Å². The van der Waals surface area contributed by atoms with Crippen molar-refractivity contribution >= 4 is 26.7 Å². The zero-order valence-electron chi connectivity index (χ0n) is 17.1. The Hall–Kier alpha value is -2.84. The number of para-hydroxylation sites is 1. The number of thiazole rings is 1. The van der Waals surface area contributed by atoms with E-state index in [0.717, 1.165) is 49.1 Å². The van der Waals surface area contributed by atoms with Gasteiger partial charge in [0.2, 0.25) is 5.82 Å². The molecule has 2 aromatic heterocycles. The van der Waals surface area contributed by atoms with Crippen LogP contribution in [0.2, 0.25) is 0 Å². The minimum Gasteiger partial charge on any atom is -0.337 e. The third-order valence-corrected chi connectivity index (χ3v) is 7.00. The number of benzene rings is 2. The fourth-order valence-corrected chi connectivity index (χ4v) is 5.33. The smallest absolute Gasteiger partial charge is 0.209 e. The summed E-state index contributed by atoms with van der Waals surface area (Å²) in [5, 5.41) is 13.8. The average Bonchev–Trinajstić information content (AvgIpc) is 3.43. The lowest BCUT2D eigenvalue weighted by Gasteiger charge is -2.35. The molecule has 8 heteroatoms. The quantitative estimate of drug-likeness (QED) is 0.518. The Morgan fingerprint density at radius 1 is 1.03 bits per heavy atom. The summed E-state index contributed by atoms with van der Waals surface area (Å²) in [5.41, 5.74) is 2.32. The molecule has 1 aliphatic rings. The predicted octanol–water partition coefficient (Wildman–Crippen LogP) is 2.19. The summed E-state index contributed by atoms with van der Waals surface area (Å²) in [6.45, 7) is 7.08. The van der Waals surface area contributed by atoms with E-state index in [1.54, 1.807) is 16.2 Å². The second kappa shape index (κ2) is 8.49. The number of fused-ring (bicyclic) bond motifs is 1. The number of aromatic nitrogens is 5. The highest BCUT2D eigenvalue weighted by atomic mass is 32.1. The molecule has 0 unspecified atom stereocenters. The number of tetrazole rings is 1. The molecule has 0 radical (unpaired) electrons. The van der Waals surface area contributed by atoms with Crippen LogP contribution in [0.4, 0.5) is 5.13 Å². The summed E-state index contributed by atoms with van der Waals surface area (Å²) in [6.07, 6.45) is 1.02. The van der Waals surface area contributed by atoms with Gasteiger partial charge in [-0.25, -0.2) is 9.67 Å². The van der Waals surface area contributed by atoms with E-state index in [1.165, 1.54) is 10.3 Å². The van der Waals surface area contributed by atoms with Crippen LogP contribution < -0.4 is 9.80 Å². The molecule has 0 aliphatic carbocycles. The minimum atomic E-state index is 0.307. The second-order valence-corrected chi connectivity index (χ2v) is 8.76. The number of rotatable bonds is 6. The van der Waals surface area contributed by atoms with E-state index >= 15 is 0 Å². The minimum absolute atomic E-state index is 0.307. The molecule has 0 saturated carbocycles. The van der Waals surface area contributed by atoms with Gasteiger partial charge in [0.15, 0.2) is 5.13 Å². The molecule has 3 heterocycles. The van der Waals surface area contributed by atoms with Crippen molar-refractivity contribution in [2.75, 3.05) is 31.1 Å². The first-order chi connectivity index (χ1) is 14.8. The Bertz CT molecular complexity index is 1070. The predicted molar refractivity (Wildman–Crippen MR) is 119 cm³/mol. The molecule has 1 N–H and O–H groups in total. The van der Waals surface area contributed by atoms with Gasteiger partial charge >= 0.3 is 0 Å². The second-order valence-electron chi connectivity index (χ2n) is 7.75. The van der Waals surface area contributed by atoms with Crippen LogP contribution in [0, 0.1) is 0 Å². The molecule has 1 atom stereocenters. The molecular weight excluding hydrogens is 394 g/mol. The summed E-state index contributed by atoms with van der Waals surface area (Å²) in [7, 11) is 0. The maximum Gasteiger partial charge on any atom is 0.209 e. The molecule has 0 amide bonds. The zero-order valence-corrected chi connectivity index (χ0v) is 17.9. The first-order valence-electron chi connectivity index (χ1n) is 10.6. The lowest BCUT2D eigenvalue weighted by atomic mass is 10.1. The van der Waals surface area contributed by atoms with Gasteiger partial charge in [-0.15, -0.1) is 5.10 Å². The normalized spacial score (nSPS) is 16.2. The highest BCUT2D eigenvalue weighted by Gasteiger charge is 2.32. The fraction of sp³-hybridized carbons (Fsp3) is 0.364. The van der Waals surface area contributed by atoms with Crippen LogP contribution in [-0.2, 0) is 6.54 Å². The first kappa shape index (κ1) is 19.1. The number of piperazine rings is 1. The van der Waals surface area contributed by atoms with Gasteiger partial charge in [-0.2, -0.15) is 0 Å². The SMILES string of the molecule is CC[C@H](c1nnnn1Cc1ccccc1)[NH+]1CCN(c2nc3ccccc3s2)CC1. The van der Waals surface area contributed by atoms with Gasteiger partial charge in [0.1, 0.15) is 6.04 Å². The lowest BCUT2D eigenvalue weighted by molar-refractivity contribution is -0.933. The molecule has 1 saturated heterocycles. The Labute approximate surface area is 180 Å². The van der Waals surface area contributed by atoms with E-state index in [0.29, 0.717) is 12.6 Å². The van der Waals surface area contributed by atoms with E-state index < -0.39 is 0 Å². The monoisotopic (exact) mass is 420 g/mol. The van der Waals surface area contributed by atoms with Gasteiger partial charge in [0, 0.05) is 6.42 Å². The van der Waals surface area contributed by atoms with Gasteiger partial charge in [0.25, 0.3) is 0 Å². The summed E-state index contributed by atoms with van der Waals surface area (Å²) in [5.74, 6) is 0.991. The summed E-state index contributed by atoms with van der Waals surface area (Å²) < 4.78 is 3.23. The van der Waals surface area contributed by atoms with Crippen molar-refractivity contribution in [1.29, 1.82) is 0 Å². The highest BCUT2D eigenvalue weighted by molar-refractivity contribution is 7.22. The van der Waals surface area contributed by atoms with Gasteiger partial charge in [-0.1, -0.05) is 60.7 Å². The summed E-state index contributed by atoms with van der Waals surface area (Å²) in [4.78, 5) is 8.82. The highest BCUT2D eigenvalue weighted by Crippen LogP contribution is 2.28. The maximum absolute atomic E-state index is 4.84. The number of quaternary nitrogens is 1. The number of anilines is 1. The molecule has 1 aliphatic heterocycles. The van der Waals surface area contributed by atoms with Gasteiger partial charge in [-0.3, -0.25) is 0 Å². The average molecular weight is 421 g/mol. The molecular formula is C22H26N7S+. The van der Waals surface area contributed by atoms with Crippen LogP contribution >= 0.6 is 11.3 Å². The molecule has 2 aromatic carbocycles. The van der Waals surface area contributed by atoms with Crippen molar-refractivity contribution in [2.45, 2.75) is 25.9 Å². The number of hydrogen-bond acceptors (Lipinski definition) is 6. The molecule has 1 fully saturated rings. The number of nitrogens with one attached hydrogen (secondary N) is 1. The number of hydrogen-bond donors (Lipinski definition) is 1. The van der Waals surface area contributed by atoms with Gasteiger partial charge < -0.3 is 9.80 Å². The van der Waals surface area contributed by atoms with Crippen LogP contribution in [0.3, 0.4) is 0 Å². The molecule has 4 aromatic rings. The largest absolute Gasteiger partial charge is 0.337 e. The van der Waals surface area contributed by atoms with Crippen molar-refractivity contribution in [2.24, 2.45) is 0 Å². The van der Waals surface area contributed by atoms with E-state index in [1.807, 2.05) is 10.7 Å². The zero-order chi connectivity index (χ0) is 20.3. The summed E-state index contributed by atoms with van der Waals surface area (Å²) in [6, 6.07) is 19.1. The number of nitrogens with zero attached hydrogens (tertiary/aromatic N) is 6.